The van der Waals surface area contributed by atoms with Gasteiger partial charge in [-0.15, -0.1) is 0 Å². The molecule has 0 aromatic rings. The highest BCUT2D eigenvalue weighted by molar-refractivity contribution is 5.68. The Kier molecular flexibility index (Phi) is 6.09. The largest absolute Gasteiger partial charge is 0.444 e. The molecule has 0 aliphatic heterocycles. The van der Waals surface area contributed by atoms with Crippen molar-refractivity contribution in [2.75, 3.05) is 19.7 Å². The van der Waals surface area contributed by atoms with Gasteiger partial charge in [-0.25, -0.2) is 4.79 Å². The fourth-order valence-corrected chi connectivity index (χ4v) is 3.38. The molecule has 0 radical (unpaired) electrons. The van der Waals surface area contributed by atoms with Crippen LogP contribution in [0.25, 0.3) is 0 Å². The van der Waals surface area contributed by atoms with Crippen LogP contribution in [0.15, 0.2) is 0 Å². The number of carbonyl (C=O) groups excluding carboxylic acids is 1. The van der Waals surface area contributed by atoms with Gasteiger partial charge in [0.05, 0.1) is 6.61 Å². The van der Waals surface area contributed by atoms with Crippen LogP contribution in [-0.2, 0) is 4.74 Å². The number of hydrogen-bond acceptors (Lipinski definition) is 4. The topological polar surface area (TPSA) is 61.8 Å². The second-order valence-corrected chi connectivity index (χ2v) is 7.83. The fraction of sp³-hybridized carbons (Fsp3) is 0.941. The van der Waals surface area contributed by atoms with E-state index in [1.807, 2.05) is 20.8 Å². The molecular weight excluding hydrogens is 280 g/mol. The van der Waals surface area contributed by atoms with Gasteiger partial charge in [0.15, 0.2) is 0 Å². The van der Waals surface area contributed by atoms with Crippen LogP contribution in [0.4, 0.5) is 4.79 Å². The Labute approximate surface area is 134 Å². The number of hydrogen-bond donors (Lipinski definition) is 2. The molecule has 0 aromatic heterocycles. The quantitative estimate of drug-likeness (QED) is 0.791. The fourth-order valence-electron chi connectivity index (χ4n) is 3.38. The molecule has 0 bridgehead atoms. The van der Waals surface area contributed by atoms with E-state index in [9.17, 15) is 9.90 Å². The first-order valence-corrected chi connectivity index (χ1v) is 8.72. The van der Waals surface area contributed by atoms with E-state index < -0.39 is 5.60 Å². The highest BCUT2D eigenvalue weighted by Crippen LogP contribution is 2.31. The maximum Gasteiger partial charge on any atom is 0.407 e. The summed E-state index contributed by atoms with van der Waals surface area (Å²) in [6.07, 6.45) is 6.68. The maximum atomic E-state index is 11.9. The third-order valence-corrected chi connectivity index (χ3v) is 4.45. The van der Waals surface area contributed by atoms with Gasteiger partial charge in [-0.1, -0.05) is 6.42 Å². The third kappa shape index (κ3) is 6.13. The number of amides is 1. The van der Waals surface area contributed by atoms with Gasteiger partial charge in [0, 0.05) is 25.2 Å². The van der Waals surface area contributed by atoms with Crippen LogP contribution in [0.5, 0.6) is 0 Å². The molecular formula is C17H32N2O3. The molecule has 1 amide bonds. The van der Waals surface area contributed by atoms with Crippen LogP contribution >= 0.6 is 0 Å². The summed E-state index contributed by atoms with van der Waals surface area (Å²) in [6, 6.07) is 0.912. The van der Waals surface area contributed by atoms with Crippen molar-refractivity contribution >= 4 is 6.09 Å². The first-order chi connectivity index (χ1) is 10.4. The van der Waals surface area contributed by atoms with Crippen molar-refractivity contribution in [3.8, 4) is 0 Å². The molecule has 0 spiro atoms. The standard InChI is InChI=1S/C17H32N2O3/c1-17(2,3)22-16(21)18-14-6-4-5-13(11-14)12-19(9-10-20)15-7-8-15/h13-15,20H,4-12H2,1-3H3,(H,18,21). The lowest BCUT2D eigenvalue weighted by Crippen LogP contribution is -2.43. The van der Waals surface area contributed by atoms with E-state index in [1.54, 1.807) is 0 Å². The molecule has 128 valence electrons. The normalized spacial score (nSPS) is 26.0. The van der Waals surface area contributed by atoms with Crippen LogP contribution < -0.4 is 5.32 Å². The Morgan fingerprint density at radius 3 is 2.59 bits per heavy atom. The molecule has 5 nitrogen and oxygen atoms in total. The van der Waals surface area contributed by atoms with Crippen LogP contribution in [0, 0.1) is 5.92 Å². The molecule has 2 unspecified atom stereocenters. The molecule has 2 fully saturated rings. The van der Waals surface area contributed by atoms with Crippen molar-refractivity contribution in [2.24, 2.45) is 5.92 Å². The molecule has 2 aliphatic rings. The van der Waals surface area contributed by atoms with E-state index in [4.69, 9.17) is 4.74 Å². The molecule has 0 heterocycles. The van der Waals surface area contributed by atoms with Crippen molar-refractivity contribution < 1.29 is 14.6 Å². The lowest BCUT2D eigenvalue weighted by atomic mass is 9.85. The maximum absolute atomic E-state index is 11.9. The Balaban J connectivity index is 1.77. The Hall–Kier alpha value is -0.810. The SMILES string of the molecule is CC(C)(C)OC(=O)NC1CCCC(CN(CCO)C2CC2)C1. The Morgan fingerprint density at radius 2 is 2.00 bits per heavy atom. The lowest BCUT2D eigenvalue weighted by molar-refractivity contribution is 0.0478. The van der Waals surface area contributed by atoms with Gasteiger partial charge in [0.2, 0.25) is 0 Å². The molecule has 2 N–H and O–H groups in total. The molecule has 22 heavy (non-hydrogen) atoms. The molecule has 2 rings (SSSR count). The minimum Gasteiger partial charge on any atom is -0.444 e. The van der Waals surface area contributed by atoms with Gasteiger partial charge in [0.1, 0.15) is 5.60 Å². The molecule has 2 aliphatic carbocycles. The average molecular weight is 312 g/mol. The van der Waals surface area contributed by atoms with Crippen molar-refractivity contribution in [1.29, 1.82) is 0 Å². The second kappa shape index (κ2) is 7.64. The summed E-state index contributed by atoms with van der Waals surface area (Å²) >= 11 is 0. The first kappa shape index (κ1) is 17.5. The predicted molar refractivity (Wildman–Crippen MR) is 86.8 cm³/mol. The predicted octanol–water partition coefficient (Wildman–Crippen LogP) is 2.53. The minimum absolute atomic E-state index is 0.226. The van der Waals surface area contributed by atoms with Crippen molar-refractivity contribution in [1.82, 2.24) is 10.2 Å². The lowest BCUT2D eigenvalue weighted by Gasteiger charge is -2.34. The van der Waals surface area contributed by atoms with E-state index in [-0.39, 0.29) is 18.7 Å². The summed E-state index contributed by atoms with van der Waals surface area (Å²) < 4.78 is 5.35. The van der Waals surface area contributed by atoms with E-state index >= 15 is 0 Å². The van der Waals surface area contributed by atoms with Gasteiger partial charge in [0.25, 0.3) is 0 Å². The highest BCUT2D eigenvalue weighted by atomic mass is 16.6. The van der Waals surface area contributed by atoms with Crippen LogP contribution in [0.3, 0.4) is 0 Å². The second-order valence-electron chi connectivity index (χ2n) is 7.83. The minimum atomic E-state index is -0.442. The summed E-state index contributed by atoms with van der Waals surface area (Å²) in [5, 5.41) is 12.2. The smallest absolute Gasteiger partial charge is 0.407 e. The first-order valence-electron chi connectivity index (χ1n) is 8.72. The van der Waals surface area contributed by atoms with Crippen molar-refractivity contribution in [3.05, 3.63) is 0 Å². The van der Waals surface area contributed by atoms with E-state index in [1.165, 1.54) is 19.3 Å². The number of carbonyl (C=O) groups is 1. The van der Waals surface area contributed by atoms with Gasteiger partial charge in [-0.05, 0) is 58.8 Å². The van der Waals surface area contributed by atoms with Crippen molar-refractivity contribution in [2.45, 2.75) is 77.0 Å². The summed E-state index contributed by atoms with van der Waals surface area (Å²) in [4.78, 5) is 14.3. The number of alkyl carbamates (subject to hydrolysis) is 1. The number of nitrogens with zero attached hydrogens (tertiary/aromatic N) is 1. The summed E-state index contributed by atoms with van der Waals surface area (Å²) in [5.74, 6) is 0.612. The Bertz CT molecular complexity index is 363. The summed E-state index contributed by atoms with van der Waals surface area (Å²) in [7, 11) is 0. The highest BCUT2D eigenvalue weighted by Gasteiger charge is 2.32. The summed E-state index contributed by atoms with van der Waals surface area (Å²) in [6.45, 7) is 7.74. The summed E-state index contributed by atoms with van der Waals surface area (Å²) in [5.41, 5.74) is -0.442. The van der Waals surface area contributed by atoms with E-state index in [0.717, 1.165) is 32.4 Å². The zero-order chi connectivity index (χ0) is 16.2. The molecule has 5 heteroatoms. The van der Waals surface area contributed by atoms with E-state index in [2.05, 4.69) is 10.2 Å². The van der Waals surface area contributed by atoms with Gasteiger partial charge >= 0.3 is 6.09 Å². The zero-order valence-electron chi connectivity index (χ0n) is 14.3. The Morgan fingerprint density at radius 1 is 1.27 bits per heavy atom. The third-order valence-electron chi connectivity index (χ3n) is 4.45. The number of nitrogens with one attached hydrogen (secondary N) is 1. The van der Waals surface area contributed by atoms with Gasteiger partial charge in [-0.3, -0.25) is 4.90 Å². The monoisotopic (exact) mass is 312 g/mol. The van der Waals surface area contributed by atoms with E-state index in [0.29, 0.717) is 12.0 Å². The van der Waals surface area contributed by atoms with Crippen LogP contribution in [-0.4, -0.2) is 53.5 Å². The number of ether oxygens (including phenoxy) is 1. The van der Waals surface area contributed by atoms with Crippen LogP contribution in [0.1, 0.15) is 59.3 Å². The van der Waals surface area contributed by atoms with Gasteiger partial charge < -0.3 is 15.2 Å². The zero-order valence-corrected chi connectivity index (χ0v) is 14.3. The van der Waals surface area contributed by atoms with Crippen LogP contribution in [0.2, 0.25) is 0 Å². The molecule has 2 atom stereocenters. The molecule has 0 aromatic carbocycles. The number of aliphatic hydroxyl groups is 1. The average Bonchev–Trinajstić information content (AvgIpc) is 3.20. The van der Waals surface area contributed by atoms with Crippen molar-refractivity contribution in [3.63, 3.8) is 0 Å². The van der Waals surface area contributed by atoms with Gasteiger partial charge in [-0.2, -0.15) is 0 Å². The molecule has 2 saturated carbocycles. The number of aliphatic hydroxyl groups excluding tert-OH is 1. The number of rotatable bonds is 6. The molecule has 0 saturated heterocycles.